The zero-order valence-corrected chi connectivity index (χ0v) is 6.25. The van der Waals surface area contributed by atoms with Gasteiger partial charge < -0.3 is 0 Å². The number of hydrogen-bond acceptors (Lipinski definition) is 1. The molecule has 0 saturated carbocycles. The molecule has 0 heterocycles. The van der Waals surface area contributed by atoms with Crippen LogP contribution >= 0.6 is 0 Å². The van der Waals surface area contributed by atoms with Crippen LogP contribution in [0.15, 0.2) is 0 Å². The van der Waals surface area contributed by atoms with E-state index < -0.39 is 16.2 Å². The fourth-order valence-electron chi connectivity index (χ4n) is 0. The molecule has 0 rings (SSSR count). The van der Waals surface area contributed by atoms with E-state index in [1.807, 2.05) is 0 Å². The van der Waals surface area contributed by atoms with Crippen LogP contribution in [-0.2, 0) is 16.2 Å². The Morgan fingerprint density at radius 2 is 1.50 bits per heavy atom. The van der Waals surface area contributed by atoms with Crippen molar-refractivity contribution in [3.63, 3.8) is 0 Å². The average Bonchev–Trinajstić information content (AvgIpc) is 0.811. The molecule has 2 heteroatoms. The van der Waals surface area contributed by atoms with E-state index in [-0.39, 0.29) is 0 Å². The normalized spacial score (nSPS) is 6.75. The van der Waals surface area contributed by atoms with Gasteiger partial charge in [0, 0.05) is 0 Å². The zero-order chi connectivity index (χ0) is 3.58. The summed E-state index contributed by atoms with van der Waals surface area (Å²) in [4.78, 5) is 0. The third-order valence-electron chi connectivity index (χ3n) is 0. The molecular weight excluding hydrogens is 103 g/mol. The number of hydrogen-bond donors (Lipinski definition) is 1. The Balaban J connectivity index is 2.32. The summed E-state index contributed by atoms with van der Waals surface area (Å²) in [5.74, 6) is 0. The second kappa shape index (κ2) is 1.86. The Morgan fingerprint density at radius 1 is 1.50 bits per heavy atom. The van der Waals surface area contributed by atoms with Crippen LogP contribution in [0.3, 0.4) is 0 Å². The van der Waals surface area contributed by atoms with Gasteiger partial charge >= 0.3 is 31.7 Å². The third kappa shape index (κ3) is 19.0. The fourth-order valence-corrected chi connectivity index (χ4v) is 0. The molecule has 1 nitrogen and oxygen atoms in total. The first kappa shape index (κ1) is 4.58. The Bertz CT molecular complexity index is 10.8. The van der Waals surface area contributed by atoms with Crippen molar-refractivity contribution in [2.24, 2.45) is 4.48 Å². The Kier molecular flexibility index (Phi) is 2.13. The molecule has 0 aliphatic carbocycles. The maximum atomic E-state index is 5.32. The maximum absolute atomic E-state index is 5.32. The molecule has 0 saturated heterocycles. The second-order valence-corrected chi connectivity index (χ2v) is 7.92. The minimum atomic E-state index is -1.12. The van der Waals surface area contributed by atoms with E-state index in [1.165, 1.54) is 0 Å². The van der Waals surface area contributed by atoms with E-state index in [2.05, 4.69) is 11.0 Å². The van der Waals surface area contributed by atoms with Crippen molar-refractivity contribution in [2.75, 3.05) is 0 Å². The summed E-state index contributed by atoms with van der Waals surface area (Å²) >= 11 is -1.12. The van der Waals surface area contributed by atoms with Gasteiger partial charge in [0.15, 0.2) is 0 Å². The van der Waals surface area contributed by atoms with E-state index in [1.54, 1.807) is 0 Å². The number of rotatable bonds is 0. The first-order valence-electron chi connectivity index (χ1n) is 1.82. The van der Waals surface area contributed by atoms with Crippen LogP contribution in [0.25, 0.3) is 0 Å². The van der Waals surface area contributed by atoms with Gasteiger partial charge in [0.1, 0.15) is 0 Å². The summed E-state index contributed by atoms with van der Waals surface area (Å²) in [6, 6.07) is 0. The molecule has 0 amide bonds. The summed E-state index contributed by atoms with van der Waals surface area (Å²) in [5.41, 5.74) is 4.31. The van der Waals surface area contributed by atoms with Gasteiger partial charge in [-0.1, -0.05) is 0 Å². The molecular formula is C2H8NZn. The van der Waals surface area contributed by atoms with Crippen molar-refractivity contribution in [3.8, 4) is 0 Å². The Morgan fingerprint density at radius 3 is 1.50 bits per heavy atom. The van der Waals surface area contributed by atoms with Gasteiger partial charge in [-0.25, -0.2) is 0 Å². The second-order valence-electron chi connectivity index (χ2n) is 1.52. The molecule has 4 heavy (non-hydrogen) atoms. The van der Waals surface area contributed by atoms with Gasteiger partial charge in [-0.2, -0.15) is 0 Å². The van der Waals surface area contributed by atoms with Crippen LogP contribution < -0.4 is 4.48 Å². The van der Waals surface area contributed by atoms with Crippen LogP contribution in [0.5, 0.6) is 0 Å². The van der Waals surface area contributed by atoms with E-state index in [4.69, 9.17) is 4.48 Å². The molecule has 0 atom stereocenters. The molecule has 0 aliphatic heterocycles. The Labute approximate surface area is 32.3 Å². The summed E-state index contributed by atoms with van der Waals surface area (Å²) < 4.78 is 5.32. The molecule has 0 aliphatic rings. The monoisotopic (exact) mass is 110 g/mol. The van der Waals surface area contributed by atoms with Gasteiger partial charge in [-0.3, -0.25) is 0 Å². The summed E-state index contributed by atoms with van der Waals surface area (Å²) in [6.45, 7) is 0. The first-order valence-corrected chi connectivity index (χ1v) is 9.47. The molecule has 0 radical (unpaired) electrons. The van der Waals surface area contributed by atoms with Crippen LogP contribution in [0.2, 0.25) is 11.0 Å². The predicted molar refractivity (Wildman–Crippen MR) is 15.9 cm³/mol. The van der Waals surface area contributed by atoms with Crippen LogP contribution in [0.4, 0.5) is 0 Å². The van der Waals surface area contributed by atoms with E-state index in [9.17, 15) is 0 Å². The summed E-state index contributed by atoms with van der Waals surface area (Å²) in [5, 5.41) is 0. The van der Waals surface area contributed by atoms with Crippen molar-refractivity contribution in [1.82, 2.24) is 0 Å². The molecule has 0 spiro atoms. The van der Waals surface area contributed by atoms with Gasteiger partial charge in [-0.05, 0) is 0 Å². The van der Waals surface area contributed by atoms with Crippen LogP contribution in [0.1, 0.15) is 0 Å². The fraction of sp³-hybridized carbons (Fsp3) is 1.00. The zero-order valence-electron chi connectivity index (χ0n) is 3.28. The van der Waals surface area contributed by atoms with E-state index in [0.717, 1.165) is 0 Å². The summed E-state index contributed by atoms with van der Waals surface area (Å²) in [7, 11) is 0. The quantitative estimate of drug-likeness (QED) is 0.455. The third-order valence-corrected chi connectivity index (χ3v) is 0. The topological polar surface area (TPSA) is 26.0 Å². The first-order chi connectivity index (χ1) is 1.73. The average molecular weight is 111 g/mol. The van der Waals surface area contributed by atoms with Crippen molar-refractivity contribution >= 4 is 0 Å². The molecule has 0 bridgehead atoms. The molecule has 0 fully saturated rings. The minimum absolute atomic E-state index is 1.12. The van der Waals surface area contributed by atoms with Gasteiger partial charge in [-0.15, -0.1) is 0 Å². The van der Waals surface area contributed by atoms with Crippen molar-refractivity contribution < 1.29 is 16.2 Å². The van der Waals surface area contributed by atoms with E-state index in [0.29, 0.717) is 0 Å². The van der Waals surface area contributed by atoms with Gasteiger partial charge in [0.05, 0.1) is 0 Å². The number of nitrogens with two attached hydrogens (primary N) is 1. The van der Waals surface area contributed by atoms with Crippen molar-refractivity contribution in [1.29, 1.82) is 0 Å². The molecule has 0 aromatic rings. The van der Waals surface area contributed by atoms with Crippen LogP contribution in [0, 0.1) is 0 Å². The predicted octanol–water partition coefficient (Wildman–Crippen LogP) is 0.575. The SMILES string of the molecule is [CH3][Zn]([CH3])[NH2]. The molecule has 0 aromatic carbocycles. The van der Waals surface area contributed by atoms with E-state index >= 15 is 0 Å². The summed E-state index contributed by atoms with van der Waals surface area (Å²) in [6.07, 6.45) is 0. The molecule has 2 N–H and O–H groups in total. The standard InChI is InChI=1S/2CH3.H2N.Zn/h2*1H3;1H2;/q;;-1;+1. The molecule has 0 aromatic heterocycles. The van der Waals surface area contributed by atoms with Gasteiger partial charge in [0.2, 0.25) is 0 Å². The van der Waals surface area contributed by atoms with Crippen molar-refractivity contribution in [2.45, 2.75) is 11.0 Å². The van der Waals surface area contributed by atoms with Crippen molar-refractivity contribution in [3.05, 3.63) is 0 Å². The Hall–Kier alpha value is 0.583. The molecule has 0 unspecified atom stereocenters. The van der Waals surface area contributed by atoms with Crippen LogP contribution in [-0.4, -0.2) is 0 Å². The molecule has 23 valence electrons. The van der Waals surface area contributed by atoms with Gasteiger partial charge in [0.25, 0.3) is 0 Å².